The van der Waals surface area contributed by atoms with Crippen molar-refractivity contribution in [1.29, 1.82) is 0 Å². The van der Waals surface area contributed by atoms with E-state index in [1.165, 1.54) is 0 Å². The molecule has 0 spiro atoms. The van der Waals surface area contributed by atoms with Gasteiger partial charge in [-0.3, -0.25) is 14.5 Å². The SMILES string of the molecule is COc1ccc([C@H]2[C@H](C(=O)O)[C@@H](c3ccc4c(c3)OCO4)CN2CC(=O)NCC(C)C)cc1. The molecule has 2 aromatic rings. The van der Waals surface area contributed by atoms with Gasteiger partial charge in [-0.15, -0.1) is 0 Å². The molecule has 2 aromatic carbocycles. The summed E-state index contributed by atoms with van der Waals surface area (Å²) in [6.45, 7) is 5.35. The van der Waals surface area contributed by atoms with Gasteiger partial charge in [0.15, 0.2) is 11.5 Å². The average molecular weight is 455 g/mol. The van der Waals surface area contributed by atoms with Crippen molar-refractivity contribution < 1.29 is 28.9 Å². The maximum Gasteiger partial charge on any atom is 0.309 e. The second-order valence-electron chi connectivity index (χ2n) is 8.93. The number of rotatable bonds is 8. The minimum atomic E-state index is -0.899. The minimum Gasteiger partial charge on any atom is -0.497 e. The van der Waals surface area contributed by atoms with Crippen molar-refractivity contribution in [2.45, 2.75) is 25.8 Å². The molecule has 4 rings (SSSR count). The fraction of sp³-hybridized carbons (Fsp3) is 0.440. The largest absolute Gasteiger partial charge is 0.497 e. The summed E-state index contributed by atoms with van der Waals surface area (Å²) in [5, 5.41) is 13.2. The highest BCUT2D eigenvalue weighted by molar-refractivity contribution is 5.79. The molecule has 0 aliphatic carbocycles. The number of aliphatic carboxylic acids is 1. The summed E-state index contributed by atoms with van der Waals surface area (Å²) in [7, 11) is 1.59. The zero-order valence-electron chi connectivity index (χ0n) is 19.1. The van der Waals surface area contributed by atoms with Crippen LogP contribution in [0.2, 0.25) is 0 Å². The molecule has 1 fully saturated rings. The van der Waals surface area contributed by atoms with E-state index < -0.39 is 17.9 Å². The zero-order chi connectivity index (χ0) is 23.5. The van der Waals surface area contributed by atoms with Crippen LogP contribution in [0, 0.1) is 11.8 Å². The lowest BCUT2D eigenvalue weighted by Gasteiger charge is -2.27. The summed E-state index contributed by atoms with van der Waals surface area (Å²) in [5.74, 6) is 0.223. The lowest BCUT2D eigenvalue weighted by molar-refractivity contribution is -0.143. The lowest BCUT2D eigenvalue weighted by Crippen LogP contribution is -2.39. The van der Waals surface area contributed by atoms with E-state index in [1.807, 2.05) is 61.2 Å². The number of likely N-dealkylation sites (tertiary alicyclic amines) is 1. The first-order chi connectivity index (χ1) is 15.9. The van der Waals surface area contributed by atoms with Crippen LogP contribution < -0.4 is 19.5 Å². The number of hydrogen-bond acceptors (Lipinski definition) is 6. The van der Waals surface area contributed by atoms with E-state index in [1.54, 1.807) is 7.11 Å². The van der Waals surface area contributed by atoms with Crippen LogP contribution in [-0.4, -0.2) is 55.4 Å². The monoisotopic (exact) mass is 454 g/mol. The highest BCUT2D eigenvalue weighted by atomic mass is 16.7. The van der Waals surface area contributed by atoms with Crippen molar-refractivity contribution in [3.63, 3.8) is 0 Å². The Hall–Kier alpha value is -3.26. The van der Waals surface area contributed by atoms with Crippen molar-refractivity contribution in [3.05, 3.63) is 53.6 Å². The lowest BCUT2D eigenvalue weighted by atomic mass is 9.82. The standard InChI is InChI=1S/C25H30N2O6/c1-15(2)11-26-22(28)13-27-12-19(17-6-9-20-21(10-17)33-14-32-20)23(25(29)30)24(27)16-4-7-18(31-3)8-5-16/h4-10,15,19,23-24H,11-14H2,1-3H3,(H,26,28)(H,29,30)/t19-,23-,24+/m1/s1. The molecule has 2 heterocycles. The highest BCUT2D eigenvalue weighted by Gasteiger charge is 2.48. The van der Waals surface area contributed by atoms with E-state index in [0.717, 1.165) is 11.1 Å². The Bertz CT molecular complexity index is 1010. The molecule has 2 N–H and O–H groups in total. The van der Waals surface area contributed by atoms with Gasteiger partial charge in [-0.1, -0.05) is 32.0 Å². The summed E-state index contributed by atoms with van der Waals surface area (Å²) in [6, 6.07) is 12.5. The van der Waals surface area contributed by atoms with Crippen molar-refractivity contribution in [3.8, 4) is 17.2 Å². The molecule has 1 amide bonds. The maximum atomic E-state index is 12.7. The van der Waals surface area contributed by atoms with E-state index in [-0.39, 0.29) is 25.2 Å². The van der Waals surface area contributed by atoms with E-state index in [2.05, 4.69) is 5.32 Å². The molecule has 0 bridgehead atoms. The average Bonchev–Trinajstić information content (AvgIpc) is 3.42. The second-order valence-corrected chi connectivity index (χ2v) is 8.93. The van der Waals surface area contributed by atoms with E-state index in [0.29, 0.717) is 36.3 Å². The molecule has 0 aromatic heterocycles. The highest BCUT2D eigenvalue weighted by Crippen LogP contribution is 2.47. The number of nitrogens with zero attached hydrogens (tertiary/aromatic N) is 1. The van der Waals surface area contributed by atoms with Crippen LogP contribution in [-0.2, 0) is 9.59 Å². The van der Waals surface area contributed by atoms with Crippen LogP contribution in [0.1, 0.15) is 36.9 Å². The first kappa shape index (κ1) is 22.9. The fourth-order valence-corrected chi connectivity index (χ4v) is 4.63. The summed E-state index contributed by atoms with van der Waals surface area (Å²) in [6.07, 6.45) is 0. The van der Waals surface area contributed by atoms with Gasteiger partial charge in [-0.2, -0.15) is 0 Å². The van der Waals surface area contributed by atoms with Gasteiger partial charge in [0.25, 0.3) is 0 Å². The third-order valence-electron chi connectivity index (χ3n) is 6.22. The van der Waals surface area contributed by atoms with Crippen LogP contribution in [0.15, 0.2) is 42.5 Å². The smallest absolute Gasteiger partial charge is 0.309 e. The second kappa shape index (κ2) is 9.70. The molecular formula is C25H30N2O6. The molecule has 0 saturated carbocycles. The van der Waals surface area contributed by atoms with Gasteiger partial charge in [0.2, 0.25) is 12.7 Å². The van der Waals surface area contributed by atoms with E-state index in [9.17, 15) is 14.7 Å². The number of methoxy groups -OCH3 is 1. The van der Waals surface area contributed by atoms with Crippen molar-refractivity contribution in [2.75, 3.05) is 33.5 Å². The quantitative estimate of drug-likeness (QED) is 0.633. The summed E-state index contributed by atoms with van der Waals surface area (Å²) >= 11 is 0. The molecule has 8 nitrogen and oxygen atoms in total. The first-order valence-electron chi connectivity index (χ1n) is 11.1. The number of carbonyl (C=O) groups is 2. The number of amides is 1. The first-order valence-corrected chi connectivity index (χ1v) is 11.1. The van der Waals surface area contributed by atoms with Crippen LogP contribution in [0.3, 0.4) is 0 Å². The van der Waals surface area contributed by atoms with E-state index in [4.69, 9.17) is 14.2 Å². The number of benzene rings is 2. The Labute approximate surface area is 193 Å². The molecule has 1 saturated heterocycles. The Kier molecular flexibility index (Phi) is 6.74. The maximum absolute atomic E-state index is 12.7. The molecule has 2 aliphatic rings. The molecule has 176 valence electrons. The van der Waals surface area contributed by atoms with Crippen LogP contribution in [0.25, 0.3) is 0 Å². The molecule has 0 radical (unpaired) electrons. The van der Waals surface area contributed by atoms with Crippen molar-refractivity contribution in [1.82, 2.24) is 10.2 Å². The summed E-state index contributed by atoms with van der Waals surface area (Å²) < 4.78 is 16.2. The third kappa shape index (κ3) is 4.90. The van der Waals surface area contributed by atoms with Gasteiger partial charge in [-0.05, 0) is 41.3 Å². The predicted molar refractivity (Wildman–Crippen MR) is 122 cm³/mol. The van der Waals surface area contributed by atoms with Crippen molar-refractivity contribution in [2.24, 2.45) is 11.8 Å². The van der Waals surface area contributed by atoms with Gasteiger partial charge < -0.3 is 24.6 Å². The predicted octanol–water partition coefficient (Wildman–Crippen LogP) is 3.04. The Morgan fingerprint density at radius 1 is 1.12 bits per heavy atom. The summed E-state index contributed by atoms with van der Waals surface area (Å²) in [4.78, 5) is 27.2. The minimum absolute atomic E-state index is 0.113. The van der Waals surface area contributed by atoms with Crippen LogP contribution in [0.5, 0.6) is 17.2 Å². The molecule has 33 heavy (non-hydrogen) atoms. The number of ether oxygens (including phenoxy) is 3. The summed E-state index contributed by atoms with van der Waals surface area (Å²) in [5.41, 5.74) is 1.69. The van der Waals surface area contributed by atoms with Gasteiger partial charge in [-0.25, -0.2) is 0 Å². The zero-order valence-corrected chi connectivity index (χ0v) is 19.1. The number of carboxylic acid groups (broad SMARTS) is 1. The number of carboxylic acids is 1. The molecule has 2 aliphatic heterocycles. The van der Waals surface area contributed by atoms with Crippen LogP contribution >= 0.6 is 0 Å². The number of nitrogens with one attached hydrogen (secondary N) is 1. The molecule has 3 atom stereocenters. The molecular weight excluding hydrogens is 424 g/mol. The third-order valence-corrected chi connectivity index (χ3v) is 6.22. The van der Waals surface area contributed by atoms with Crippen LogP contribution in [0.4, 0.5) is 0 Å². The van der Waals surface area contributed by atoms with Gasteiger partial charge in [0.05, 0.1) is 19.6 Å². The normalized spacial score (nSPS) is 21.9. The topological polar surface area (TPSA) is 97.3 Å². The van der Waals surface area contributed by atoms with Crippen molar-refractivity contribution >= 4 is 11.9 Å². The number of carbonyl (C=O) groups excluding carboxylic acids is 1. The Morgan fingerprint density at radius 2 is 1.82 bits per heavy atom. The van der Waals surface area contributed by atoms with E-state index >= 15 is 0 Å². The number of hydrogen-bond donors (Lipinski definition) is 2. The Balaban J connectivity index is 1.68. The fourth-order valence-electron chi connectivity index (χ4n) is 4.63. The van der Waals surface area contributed by atoms with Gasteiger partial charge in [0, 0.05) is 25.0 Å². The molecule has 8 heteroatoms. The number of fused-ring (bicyclic) bond motifs is 1. The van der Waals surface area contributed by atoms with Gasteiger partial charge >= 0.3 is 5.97 Å². The van der Waals surface area contributed by atoms with Gasteiger partial charge in [0.1, 0.15) is 5.75 Å². The molecule has 0 unspecified atom stereocenters. The Morgan fingerprint density at radius 3 is 2.48 bits per heavy atom.